The van der Waals surface area contributed by atoms with Crippen molar-refractivity contribution >= 4 is 21.9 Å². The summed E-state index contributed by atoms with van der Waals surface area (Å²) >= 11 is 0. The summed E-state index contributed by atoms with van der Waals surface area (Å²) < 4.78 is 5.93. The minimum Gasteiger partial charge on any atom is -0.456 e. The molecule has 1 nitrogen and oxygen atoms in total. The lowest BCUT2D eigenvalue weighted by Gasteiger charge is -1.96. The van der Waals surface area contributed by atoms with Gasteiger partial charge < -0.3 is 4.42 Å². The third-order valence-electron chi connectivity index (χ3n) is 3.11. The Morgan fingerprint density at radius 3 is 2.75 bits per heavy atom. The highest BCUT2D eigenvalue weighted by Gasteiger charge is 2.09. The first-order chi connectivity index (χ1) is 7.79. The molecule has 3 rings (SSSR count). The van der Waals surface area contributed by atoms with E-state index in [2.05, 4.69) is 50.2 Å². The number of hydrogen-bond acceptors (Lipinski definition) is 1. The first kappa shape index (κ1) is 9.46. The number of para-hydroxylation sites is 1. The van der Waals surface area contributed by atoms with Crippen molar-refractivity contribution in [1.82, 2.24) is 0 Å². The molecule has 0 fully saturated rings. The van der Waals surface area contributed by atoms with Crippen LogP contribution in [0.2, 0.25) is 0 Å². The number of fused-ring (bicyclic) bond motifs is 3. The van der Waals surface area contributed by atoms with E-state index in [1.54, 1.807) is 0 Å². The topological polar surface area (TPSA) is 13.1 Å². The van der Waals surface area contributed by atoms with Crippen LogP contribution in [0.1, 0.15) is 18.1 Å². The van der Waals surface area contributed by atoms with Crippen LogP contribution in [0.3, 0.4) is 0 Å². The van der Waals surface area contributed by atoms with Crippen LogP contribution in [-0.2, 0) is 6.42 Å². The third-order valence-corrected chi connectivity index (χ3v) is 3.11. The molecule has 0 N–H and O–H groups in total. The van der Waals surface area contributed by atoms with Crippen LogP contribution in [0, 0.1) is 6.92 Å². The zero-order valence-corrected chi connectivity index (χ0v) is 9.58. The van der Waals surface area contributed by atoms with E-state index < -0.39 is 0 Å². The highest BCUT2D eigenvalue weighted by molar-refractivity contribution is 6.06. The second-order valence-corrected chi connectivity index (χ2v) is 4.25. The van der Waals surface area contributed by atoms with E-state index >= 15 is 0 Å². The van der Waals surface area contributed by atoms with Gasteiger partial charge in [0.05, 0.1) is 0 Å². The maximum Gasteiger partial charge on any atom is 0.138 e. The van der Waals surface area contributed by atoms with Gasteiger partial charge in [0, 0.05) is 10.8 Å². The Labute approximate surface area is 94.7 Å². The standard InChI is InChI=1S/C15H14O/c1-3-11-5-4-6-12-13-9-10(2)7-8-14(13)16-15(11)12/h4-9H,3H2,1-2H3. The second kappa shape index (κ2) is 3.38. The second-order valence-electron chi connectivity index (χ2n) is 4.25. The number of benzene rings is 2. The molecule has 3 aromatic rings. The van der Waals surface area contributed by atoms with Crippen molar-refractivity contribution in [2.45, 2.75) is 20.3 Å². The molecule has 0 saturated heterocycles. The average molecular weight is 210 g/mol. The fourth-order valence-corrected chi connectivity index (χ4v) is 2.25. The lowest BCUT2D eigenvalue weighted by Crippen LogP contribution is -1.78. The monoisotopic (exact) mass is 210 g/mol. The molecular formula is C15H14O. The highest BCUT2D eigenvalue weighted by atomic mass is 16.3. The van der Waals surface area contributed by atoms with Gasteiger partial charge in [0.1, 0.15) is 11.2 Å². The molecule has 0 spiro atoms. The Kier molecular flexibility index (Phi) is 2.00. The molecule has 0 bridgehead atoms. The fourth-order valence-electron chi connectivity index (χ4n) is 2.25. The zero-order valence-electron chi connectivity index (χ0n) is 9.58. The van der Waals surface area contributed by atoms with Crippen LogP contribution in [0.5, 0.6) is 0 Å². The molecule has 0 amide bonds. The first-order valence-corrected chi connectivity index (χ1v) is 5.70. The largest absolute Gasteiger partial charge is 0.456 e. The van der Waals surface area contributed by atoms with E-state index in [0.29, 0.717) is 0 Å². The van der Waals surface area contributed by atoms with E-state index in [9.17, 15) is 0 Å². The summed E-state index contributed by atoms with van der Waals surface area (Å²) in [4.78, 5) is 0. The van der Waals surface area contributed by atoms with Gasteiger partial charge in [0.15, 0.2) is 0 Å². The van der Waals surface area contributed by atoms with Crippen molar-refractivity contribution in [2.24, 2.45) is 0 Å². The van der Waals surface area contributed by atoms with Gasteiger partial charge in [-0.05, 0) is 31.0 Å². The molecule has 0 aliphatic heterocycles. The Morgan fingerprint density at radius 2 is 1.94 bits per heavy atom. The van der Waals surface area contributed by atoms with Crippen LogP contribution >= 0.6 is 0 Å². The molecule has 16 heavy (non-hydrogen) atoms. The summed E-state index contributed by atoms with van der Waals surface area (Å²) in [5, 5.41) is 2.46. The third kappa shape index (κ3) is 1.25. The van der Waals surface area contributed by atoms with E-state index in [4.69, 9.17) is 4.42 Å². The van der Waals surface area contributed by atoms with Crippen LogP contribution in [0.25, 0.3) is 21.9 Å². The van der Waals surface area contributed by atoms with Crippen LogP contribution in [0.4, 0.5) is 0 Å². The highest BCUT2D eigenvalue weighted by Crippen LogP contribution is 2.31. The summed E-state index contributed by atoms with van der Waals surface area (Å²) in [6.45, 7) is 4.27. The Morgan fingerprint density at radius 1 is 1.06 bits per heavy atom. The van der Waals surface area contributed by atoms with E-state index in [1.165, 1.54) is 21.9 Å². The number of aryl methyl sites for hydroxylation is 2. The maximum absolute atomic E-state index is 5.93. The molecule has 0 aliphatic carbocycles. The molecule has 0 aliphatic rings. The molecule has 0 radical (unpaired) electrons. The molecule has 0 atom stereocenters. The molecule has 1 aromatic heterocycles. The van der Waals surface area contributed by atoms with Gasteiger partial charge in [-0.25, -0.2) is 0 Å². The molecule has 0 saturated carbocycles. The molecule has 1 heterocycles. The lowest BCUT2D eigenvalue weighted by molar-refractivity contribution is 0.663. The van der Waals surface area contributed by atoms with Gasteiger partial charge >= 0.3 is 0 Å². The number of hydrogen-bond donors (Lipinski definition) is 0. The number of rotatable bonds is 1. The fraction of sp³-hybridized carbons (Fsp3) is 0.200. The summed E-state index contributed by atoms with van der Waals surface area (Å²) in [6, 6.07) is 12.7. The van der Waals surface area contributed by atoms with Gasteiger partial charge in [-0.1, -0.05) is 36.8 Å². The normalized spacial score (nSPS) is 11.4. The van der Waals surface area contributed by atoms with Crippen molar-refractivity contribution in [3.8, 4) is 0 Å². The van der Waals surface area contributed by atoms with Crippen LogP contribution < -0.4 is 0 Å². The van der Waals surface area contributed by atoms with Gasteiger partial charge in [-0.3, -0.25) is 0 Å². The SMILES string of the molecule is CCc1cccc2c1oc1ccc(C)cc12. The minimum atomic E-state index is 0.988. The molecule has 0 unspecified atom stereocenters. The zero-order chi connectivity index (χ0) is 11.1. The molecule has 2 aromatic carbocycles. The van der Waals surface area contributed by atoms with E-state index in [-0.39, 0.29) is 0 Å². The Hall–Kier alpha value is -1.76. The average Bonchev–Trinajstić information content (AvgIpc) is 2.67. The summed E-state index contributed by atoms with van der Waals surface area (Å²) in [6.07, 6.45) is 1.01. The molecule has 1 heteroatoms. The minimum absolute atomic E-state index is 0.988. The van der Waals surface area contributed by atoms with Gasteiger partial charge in [0.25, 0.3) is 0 Å². The summed E-state index contributed by atoms with van der Waals surface area (Å²) in [5.74, 6) is 0. The molecular weight excluding hydrogens is 196 g/mol. The molecule has 80 valence electrons. The Bertz CT molecular complexity index is 662. The predicted molar refractivity (Wildman–Crippen MR) is 67.8 cm³/mol. The van der Waals surface area contributed by atoms with Crippen molar-refractivity contribution in [1.29, 1.82) is 0 Å². The van der Waals surface area contributed by atoms with Crippen molar-refractivity contribution < 1.29 is 4.42 Å². The summed E-state index contributed by atoms with van der Waals surface area (Å²) in [5.41, 5.74) is 4.59. The van der Waals surface area contributed by atoms with Gasteiger partial charge in [-0.15, -0.1) is 0 Å². The van der Waals surface area contributed by atoms with Gasteiger partial charge in [0.2, 0.25) is 0 Å². The van der Waals surface area contributed by atoms with Crippen molar-refractivity contribution in [3.63, 3.8) is 0 Å². The van der Waals surface area contributed by atoms with E-state index in [1.807, 2.05) is 0 Å². The quantitative estimate of drug-likeness (QED) is 0.578. The smallest absolute Gasteiger partial charge is 0.138 e. The lowest BCUT2D eigenvalue weighted by atomic mass is 10.1. The first-order valence-electron chi connectivity index (χ1n) is 5.70. The maximum atomic E-state index is 5.93. The van der Waals surface area contributed by atoms with Crippen molar-refractivity contribution in [2.75, 3.05) is 0 Å². The van der Waals surface area contributed by atoms with Crippen LogP contribution in [0.15, 0.2) is 40.8 Å². The Balaban J connectivity index is 2.50. The predicted octanol–water partition coefficient (Wildman–Crippen LogP) is 4.46. The van der Waals surface area contributed by atoms with Crippen LogP contribution in [-0.4, -0.2) is 0 Å². The van der Waals surface area contributed by atoms with Crippen molar-refractivity contribution in [3.05, 3.63) is 47.5 Å². The van der Waals surface area contributed by atoms with Gasteiger partial charge in [-0.2, -0.15) is 0 Å². The number of furan rings is 1. The van der Waals surface area contributed by atoms with E-state index in [0.717, 1.165) is 17.6 Å². The summed E-state index contributed by atoms with van der Waals surface area (Å²) in [7, 11) is 0.